The Morgan fingerprint density at radius 3 is 2.62 bits per heavy atom. The highest BCUT2D eigenvalue weighted by Gasteiger charge is 2.04. The molecule has 2 N–H and O–H groups in total. The molecule has 0 saturated carbocycles. The Morgan fingerprint density at radius 2 is 2.00 bits per heavy atom. The fourth-order valence-electron chi connectivity index (χ4n) is 2.18. The van der Waals surface area contributed by atoms with Gasteiger partial charge in [0.1, 0.15) is 12.1 Å². The van der Waals surface area contributed by atoms with Crippen LogP contribution >= 0.6 is 24.0 Å². The molecule has 0 aliphatic carbocycles. The van der Waals surface area contributed by atoms with E-state index in [-0.39, 0.29) is 24.0 Å². The molecule has 0 aliphatic heterocycles. The number of hydrogen-bond acceptors (Lipinski definition) is 4. The lowest BCUT2D eigenvalue weighted by atomic mass is 10.1. The summed E-state index contributed by atoms with van der Waals surface area (Å²) in [6, 6.07) is 8.08. The second kappa shape index (κ2) is 10.8. The molecule has 8 heteroatoms. The van der Waals surface area contributed by atoms with Crippen LogP contribution in [0, 0.1) is 0 Å². The van der Waals surface area contributed by atoms with Gasteiger partial charge in [0.15, 0.2) is 11.8 Å². The van der Waals surface area contributed by atoms with Crippen molar-refractivity contribution in [1.82, 2.24) is 25.4 Å². The Bertz CT molecular complexity index is 626. The molecule has 1 heterocycles. The first-order valence-electron chi connectivity index (χ1n) is 7.71. The molecule has 0 spiro atoms. The van der Waals surface area contributed by atoms with E-state index < -0.39 is 0 Å². The summed E-state index contributed by atoms with van der Waals surface area (Å²) in [5.74, 6) is 2.52. The maximum absolute atomic E-state index is 5.16. The number of hydrogen-bond donors (Lipinski definition) is 2. The van der Waals surface area contributed by atoms with Gasteiger partial charge < -0.3 is 19.9 Å². The van der Waals surface area contributed by atoms with Crippen LogP contribution < -0.4 is 15.4 Å². The maximum atomic E-state index is 5.16. The Morgan fingerprint density at radius 1 is 1.25 bits per heavy atom. The molecule has 0 fully saturated rings. The van der Waals surface area contributed by atoms with Gasteiger partial charge in [0, 0.05) is 20.1 Å². The standard InChI is InChI=1S/C16H24N6O.HI/c1-4-22-12-20-21-15(22)11-19-16(17-2)18-10-9-13-5-7-14(23-3)8-6-13;/h5-8,12H,4,9-11H2,1-3H3,(H2,17,18,19);1H. The molecular formula is C16H25IN6O. The first kappa shape index (κ1) is 20.2. The van der Waals surface area contributed by atoms with E-state index in [4.69, 9.17) is 4.74 Å². The third kappa shape index (κ3) is 5.99. The van der Waals surface area contributed by atoms with Gasteiger partial charge >= 0.3 is 0 Å². The molecule has 7 nitrogen and oxygen atoms in total. The van der Waals surface area contributed by atoms with Crippen LogP contribution in [-0.4, -0.2) is 41.4 Å². The van der Waals surface area contributed by atoms with Crippen molar-refractivity contribution in [2.75, 3.05) is 20.7 Å². The highest BCUT2D eigenvalue weighted by molar-refractivity contribution is 14.0. The predicted molar refractivity (Wildman–Crippen MR) is 106 cm³/mol. The van der Waals surface area contributed by atoms with Crippen LogP contribution in [0.3, 0.4) is 0 Å². The van der Waals surface area contributed by atoms with Gasteiger partial charge in [-0.05, 0) is 31.0 Å². The number of guanidine groups is 1. The normalized spacial score (nSPS) is 10.9. The summed E-state index contributed by atoms with van der Waals surface area (Å²) >= 11 is 0. The fraction of sp³-hybridized carbons (Fsp3) is 0.438. The van der Waals surface area contributed by atoms with E-state index in [0.717, 1.165) is 37.0 Å². The summed E-state index contributed by atoms with van der Waals surface area (Å²) in [5.41, 5.74) is 1.25. The lowest BCUT2D eigenvalue weighted by Gasteiger charge is -2.12. The van der Waals surface area contributed by atoms with Crippen LogP contribution in [0.15, 0.2) is 35.6 Å². The van der Waals surface area contributed by atoms with Crippen LogP contribution in [0.1, 0.15) is 18.3 Å². The average molecular weight is 444 g/mol. The van der Waals surface area contributed by atoms with Crippen molar-refractivity contribution in [2.45, 2.75) is 26.4 Å². The third-order valence-electron chi connectivity index (χ3n) is 3.54. The van der Waals surface area contributed by atoms with Gasteiger partial charge in [-0.3, -0.25) is 4.99 Å². The maximum Gasteiger partial charge on any atom is 0.191 e. The minimum atomic E-state index is 0. The molecule has 132 valence electrons. The molecule has 0 radical (unpaired) electrons. The quantitative estimate of drug-likeness (QED) is 0.387. The first-order chi connectivity index (χ1) is 11.3. The number of halogens is 1. The predicted octanol–water partition coefficient (Wildman–Crippen LogP) is 1.83. The highest BCUT2D eigenvalue weighted by Crippen LogP contribution is 2.11. The zero-order valence-electron chi connectivity index (χ0n) is 14.3. The molecule has 0 atom stereocenters. The molecule has 2 rings (SSSR count). The van der Waals surface area contributed by atoms with Crippen molar-refractivity contribution in [3.8, 4) is 5.75 Å². The van der Waals surface area contributed by atoms with Crippen molar-refractivity contribution in [3.63, 3.8) is 0 Å². The fourth-order valence-corrected chi connectivity index (χ4v) is 2.18. The van der Waals surface area contributed by atoms with Crippen molar-refractivity contribution in [1.29, 1.82) is 0 Å². The number of nitrogens with zero attached hydrogens (tertiary/aromatic N) is 4. The van der Waals surface area contributed by atoms with E-state index in [9.17, 15) is 0 Å². The zero-order valence-corrected chi connectivity index (χ0v) is 16.7. The number of ether oxygens (including phenoxy) is 1. The van der Waals surface area contributed by atoms with Crippen LogP contribution in [0.5, 0.6) is 5.75 Å². The molecule has 0 saturated heterocycles. The van der Waals surface area contributed by atoms with Crippen LogP contribution in [-0.2, 0) is 19.5 Å². The monoisotopic (exact) mass is 444 g/mol. The van der Waals surface area contributed by atoms with Crippen molar-refractivity contribution in [3.05, 3.63) is 42.0 Å². The van der Waals surface area contributed by atoms with E-state index in [1.165, 1.54) is 5.56 Å². The summed E-state index contributed by atoms with van der Waals surface area (Å²) in [4.78, 5) is 4.22. The molecule has 1 aromatic heterocycles. The van der Waals surface area contributed by atoms with Crippen LogP contribution in [0.25, 0.3) is 0 Å². The summed E-state index contributed by atoms with van der Waals surface area (Å²) in [7, 11) is 3.43. The lowest BCUT2D eigenvalue weighted by molar-refractivity contribution is 0.414. The lowest BCUT2D eigenvalue weighted by Crippen LogP contribution is -2.38. The van der Waals surface area contributed by atoms with Crippen molar-refractivity contribution >= 4 is 29.9 Å². The molecule has 0 unspecified atom stereocenters. The minimum Gasteiger partial charge on any atom is -0.497 e. The Balaban J connectivity index is 0.00000288. The molecule has 0 amide bonds. The summed E-state index contributed by atoms with van der Waals surface area (Å²) in [5, 5.41) is 14.6. The molecule has 0 bridgehead atoms. The Labute approximate surface area is 159 Å². The number of aryl methyl sites for hydroxylation is 1. The second-order valence-corrected chi connectivity index (χ2v) is 4.98. The summed E-state index contributed by atoms with van der Waals surface area (Å²) in [6.07, 6.45) is 2.65. The Hall–Kier alpha value is -1.84. The van der Waals surface area contributed by atoms with Crippen LogP contribution in [0.2, 0.25) is 0 Å². The topological polar surface area (TPSA) is 76.4 Å². The Kier molecular flexibility index (Phi) is 9.13. The summed E-state index contributed by atoms with van der Waals surface area (Å²) < 4.78 is 7.16. The zero-order chi connectivity index (χ0) is 16.5. The molecule has 1 aromatic carbocycles. The number of benzene rings is 1. The molecule has 24 heavy (non-hydrogen) atoms. The first-order valence-corrected chi connectivity index (χ1v) is 7.71. The number of aliphatic imine (C=N–C) groups is 1. The number of rotatable bonds is 7. The largest absolute Gasteiger partial charge is 0.497 e. The molecular weight excluding hydrogens is 419 g/mol. The number of aromatic nitrogens is 3. The minimum absolute atomic E-state index is 0. The average Bonchev–Trinajstić information content (AvgIpc) is 3.06. The smallest absolute Gasteiger partial charge is 0.191 e. The van der Waals surface area contributed by atoms with Gasteiger partial charge in [0.25, 0.3) is 0 Å². The van der Waals surface area contributed by atoms with Gasteiger partial charge in [0.05, 0.1) is 13.7 Å². The molecule has 2 aromatic rings. The SMILES string of the molecule is CCn1cnnc1CNC(=NC)NCCc1ccc(OC)cc1.I. The van der Waals surface area contributed by atoms with E-state index in [1.54, 1.807) is 20.5 Å². The van der Waals surface area contributed by atoms with Crippen LogP contribution in [0.4, 0.5) is 0 Å². The molecule has 0 aliphatic rings. The van der Waals surface area contributed by atoms with Gasteiger partial charge in [0.2, 0.25) is 0 Å². The van der Waals surface area contributed by atoms with Gasteiger partial charge in [-0.1, -0.05) is 12.1 Å². The number of methoxy groups -OCH3 is 1. The van der Waals surface area contributed by atoms with Crippen molar-refractivity contribution < 1.29 is 4.74 Å². The highest BCUT2D eigenvalue weighted by atomic mass is 127. The number of nitrogens with one attached hydrogen (secondary N) is 2. The van der Waals surface area contributed by atoms with E-state index in [1.807, 2.05) is 16.7 Å². The van der Waals surface area contributed by atoms with E-state index >= 15 is 0 Å². The van der Waals surface area contributed by atoms with Gasteiger partial charge in [-0.25, -0.2) is 0 Å². The third-order valence-corrected chi connectivity index (χ3v) is 3.54. The summed E-state index contributed by atoms with van der Waals surface area (Å²) in [6.45, 7) is 4.31. The van der Waals surface area contributed by atoms with Crippen molar-refractivity contribution in [2.24, 2.45) is 4.99 Å². The van der Waals surface area contributed by atoms with Gasteiger partial charge in [-0.2, -0.15) is 0 Å². The van der Waals surface area contributed by atoms with E-state index in [2.05, 4.69) is 44.9 Å². The second-order valence-electron chi connectivity index (χ2n) is 4.98. The van der Waals surface area contributed by atoms with E-state index in [0.29, 0.717) is 6.54 Å². The van der Waals surface area contributed by atoms with Gasteiger partial charge in [-0.15, -0.1) is 34.2 Å².